The van der Waals surface area contributed by atoms with Crippen molar-refractivity contribution in [3.05, 3.63) is 0 Å². The molecule has 0 aromatic carbocycles. The Balaban J connectivity index is 3.21. The van der Waals surface area contributed by atoms with Crippen molar-refractivity contribution in [1.29, 1.82) is 0 Å². The van der Waals surface area contributed by atoms with Crippen LogP contribution in [-0.2, 0) is 9.53 Å². The van der Waals surface area contributed by atoms with Crippen molar-refractivity contribution in [3.8, 4) is 0 Å². The third kappa shape index (κ3) is 9.93. The minimum atomic E-state index is 0.131. The highest BCUT2D eigenvalue weighted by Gasteiger charge is 2.03. The van der Waals surface area contributed by atoms with Crippen molar-refractivity contribution in [1.82, 2.24) is 10.6 Å². The van der Waals surface area contributed by atoms with Crippen molar-refractivity contribution in [3.63, 3.8) is 0 Å². The van der Waals surface area contributed by atoms with Crippen molar-refractivity contribution < 1.29 is 9.53 Å². The normalized spacial score (nSPS) is 12.4. The Bertz CT molecular complexity index is 174. The predicted octanol–water partition coefficient (Wildman–Crippen LogP) is 1.31. The van der Waals surface area contributed by atoms with E-state index in [1.807, 2.05) is 13.8 Å². The first kappa shape index (κ1) is 15.4. The van der Waals surface area contributed by atoms with E-state index in [1.54, 1.807) is 0 Å². The lowest BCUT2D eigenvalue weighted by Gasteiger charge is -2.11. The zero-order valence-corrected chi connectivity index (χ0v) is 10.8. The summed E-state index contributed by atoms with van der Waals surface area (Å²) in [7, 11) is 0. The maximum Gasteiger partial charge on any atom is 0.221 e. The highest BCUT2D eigenvalue weighted by atomic mass is 16.5. The van der Waals surface area contributed by atoms with E-state index in [0.717, 1.165) is 39.1 Å². The van der Waals surface area contributed by atoms with E-state index in [4.69, 9.17) is 4.74 Å². The molecule has 0 aliphatic carbocycles. The molecule has 0 aliphatic heterocycles. The molecule has 0 spiro atoms. The quantitative estimate of drug-likeness (QED) is 0.556. The summed E-state index contributed by atoms with van der Waals surface area (Å²) in [5, 5.41) is 6.16. The fourth-order valence-corrected chi connectivity index (χ4v) is 1.22. The highest BCUT2D eigenvalue weighted by Crippen LogP contribution is 1.89. The van der Waals surface area contributed by atoms with Crippen LogP contribution in [0, 0.1) is 0 Å². The van der Waals surface area contributed by atoms with Gasteiger partial charge in [-0.25, -0.2) is 0 Å². The topological polar surface area (TPSA) is 50.4 Å². The molecule has 0 fully saturated rings. The van der Waals surface area contributed by atoms with E-state index in [1.165, 1.54) is 0 Å². The van der Waals surface area contributed by atoms with E-state index >= 15 is 0 Å². The van der Waals surface area contributed by atoms with Crippen LogP contribution in [0.2, 0.25) is 0 Å². The van der Waals surface area contributed by atoms with Gasteiger partial charge in [0.1, 0.15) is 0 Å². The third-order valence-electron chi connectivity index (χ3n) is 2.39. The summed E-state index contributed by atoms with van der Waals surface area (Å²) in [5.41, 5.74) is 0. The molecule has 0 aromatic heterocycles. The van der Waals surface area contributed by atoms with Gasteiger partial charge >= 0.3 is 0 Å². The molecule has 96 valence electrons. The summed E-state index contributed by atoms with van der Waals surface area (Å²) in [6.07, 6.45) is 2.54. The molecule has 1 unspecified atom stereocenters. The summed E-state index contributed by atoms with van der Waals surface area (Å²) in [4.78, 5) is 11.4. The monoisotopic (exact) mass is 230 g/mol. The molecular weight excluding hydrogens is 204 g/mol. The Morgan fingerprint density at radius 2 is 2.06 bits per heavy atom. The maximum atomic E-state index is 11.4. The second-order valence-corrected chi connectivity index (χ2v) is 3.93. The number of amides is 1. The number of carbonyl (C=O) groups excluding carboxylic acids is 1. The van der Waals surface area contributed by atoms with Gasteiger partial charge in [-0.15, -0.1) is 0 Å². The van der Waals surface area contributed by atoms with Gasteiger partial charge in [-0.1, -0.05) is 6.92 Å². The van der Waals surface area contributed by atoms with Crippen LogP contribution in [0.1, 0.15) is 40.0 Å². The lowest BCUT2D eigenvalue weighted by molar-refractivity contribution is -0.121. The van der Waals surface area contributed by atoms with Crippen LogP contribution < -0.4 is 10.6 Å². The molecule has 4 heteroatoms. The second kappa shape index (κ2) is 10.9. The zero-order valence-electron chi connectivity index (χ0n) is 10.8. The van der Waals surface area contributed by atoms with Crippen molar-refractivity contribution >= 4 is 5.91 Å². The van der Waals surface area contributed by atoms with Crippen LogP contribution in [-0.4, -0.2) is 38.3 Å². The smallest absolute Gasteiger partial charge is 0.221 e. The predicted molar refractivity (Wildman–Crippen MR) is 66.5 cm³/mol. The number of nitrogens with one attached hydrogen (secondary N) is 2. The summed E-state index contributed by atoms with van der Waals surface area (Å²) < 4.78 is 5.21. The number of rotatable bonds is 10. The Hall–Kier alpha value is -0.610. The Kier molecular flexibility index (Phi) is 10.5. The molecule has 0 saturated heterocycles. The van der Waals surface area contributed by atoms with E-state index in [9.17, 15) is 4.79 Å². The van der Waals surface area contributed by atoms with Gasteiger partial charge in [0.05, 0.1) is 0 Å². The molecule has 16 heavy (non-hydrogen) atoms. The van der Waals surface area contributed by atoms with Gasteiger partial charge in [-0.05, 0) is 33.2 Å². The maximum absolute atomic E-state index is 11.4. The molecule has 0 saturated carbocycles. The number of ether oxygens (including phenoxy) is 1. The molecule has 0 rings (SSSR count). The fraction of sp³-hybridized carbons (Fsp3) is 0.917. The summed E-state index contributed by atoms with van der Waals surface area (Å²) in [6, 6.07) is 0.283. The Morgan fingerprint density at radius 1 is 1.31 bits per heavy atom. The summed E-state index contributed by atoms with van der Waals surface area (Å²) >= 11 is 0. The molecule has 0 aromatic rings. The minimum Gasteiger partial charge on any atom is -0.382 e. The highest BCUT2D eigenvalue weighted by molar-refractivity contribution is 5.76. The van der Waals surface area contributed by atoms with E-state index in [2.05, 4.69) is 17.6 Å². The molecule has 4 nitrogen and oxygen atoms in total. The van der Waals surface area contributed by atoms with E-state index < -0.39 is 0 Å². The molecule has 0 radical (unpaired) electrons. The third-order valence-corrected chi connectivity index (χ3v) is 2.39. The van der Waals surface area contributed by atoms with Gasteiger partial charge in [-0.2, -0.15) is 0 Å². The molecule has 2 N–H and O–H groups in total. The molecule has 0 heterocycles. The standard InChI is InChI=1S/C12H26N2O2/c1-4-11(3)14-12(15)7-9-13-8-6-10-16-5-2/h11,13H,4-10H2,1-3H3,(H,14,15). The van der Waals surface area contributed by atoms with Gasteiger partial charge in [0.2, 0.25) is 5.91 Å². The number of hydrogen-bond acceptors (Lipinski definition) is 3. The van der Waals surface area contributed by atoms with Gasteiger partial charge in [-0.3, -0.25) is 4.79 Å². The van der Waals surface area contributed by atoms with Crippen LogP contribution in [0.25, 0.3) is 0 Å². The van der Waals surface area contributed by atoms with Crippen LogP contribution in [0.4, 0.5) is 0 Å². The largest absolute Gasteiger partial charge is 0.382 e. The average Bonchev–Trinajstić information content (AvgIpc) is 2.27. The van der Waals surface area contributed by atoms with Gasteiger partial charge < -0.3 is 15.4 Å². The van der Waals surface area contributed by atoms with Crippen LogP contribution in [0.5, 0.6) is 0 Å². The Labute approximate surface area is 99.1 Å². The van der Waals surface area contributed by atoms with Gasteiger partial charge in [0.25, 0.3) is 0 Å². The molecule has 1 atom stereocenters. The first-order valence-electron chi connectivity index (χ1n) is 6.28. The van der Waals surface area contributed by atoms with Crippen molar-refractivity contribution in [2.45, 2.75) is 46.1 Å². The zero-order chi connectivity index (χ0) is 12.2. The van der Waals surface area contributed by atoms with Crippen molar-refractivity contribution in [2.75, 3.05) is 26.3 Å². The lowest BCUT2D eigenvalue weighted by Crippen LogP contribution is -2.34. The number of hydrogen-bond donors (Lipinski definition) is 2. The molecule has 0 bridgehead atoms. The lowest BCUT2D eigenvalue weighted by atomic mass is 10.2. The second-order valence-electron chi connectivity index (χ2n) is 3.93. The minimum absolute atomic E-state index is 0.131. The molecular formula is C12H26N2O2. The van der Waals surface area contributed by atoms with Crippen LogP contribution in [0.15, 0.2) is 0 Å². The average molecular weight is 230 g/mol. The summed E-state index contributed by atoms with van der Waals surface area (Å²) in [5.74, 6) is 0.131. The fourth-order valence-electron chi connectivity index (χ4n) is 1.22. The molecule has 0 aliphatic rings. The first-order valence-corrected chi connectivity index (χ1v) is 6.28. The van der Waals surface area contributed by atoms with E-state index in [0.29, 0.717) is 6.42 Å². The van der Waals surface area contributed by atoms with Gasteiger partial charge in [0.15, 0.2) is 0 Å². The van der Waals surface area contributed by atoms with Crippen LogP contribution in [0.3, 0.4) is 0 Å². The SMILES string of the molecule is CCOCCCNCCC(=O)NC(C)CC. The van der Waals surface area contributed by atoms with Gasteiger partial charge in [0, 0.05) is 32.2 Å². The van der Waals surface area contributed by atoms with Crippen LogP contribution >= 0.6 is 0 Å². The van der Waals surface area contributed by atoms with E-state index in [-0.39, 0.29) is 11.9 Å². The number of carbonyl (C=O) groups is 1. The first-order chi connectivity index (χ1) is 7.70. The Morgan fingerprint density at radius 3 is 2.69 bits per heavy atom. The summed E-state index contributed by atoms with van der Waals surface area (Å²) in [6.45, 7) is 9.31. The molecule has 1 amide bonds. The van der Waals surface area contributed by atoms with Crippen molar-refractivity contribution in [2.24, 2.45) is 0 Å².